The van der Waals surface area contributed by atoms with Gasteiger partial charge in [0.15, 0.2) is 5.13 Å². The van der Waals surface area contributed by atoms with Gasteiger partial charge in [0.05, 0.1) is 23.4 Å². The van der Waals surface area contributed by atoms with E-state index in [1.54, 1.807) is 29.5 Å². The molecule has 0 bridgehead atoms. The topological polar surface area (TPSA) is 92.7 Å². The fraction of sp³-hybridized carbons (Fsp3) is 0.462. The standard InChI is InChI=1S/C26H32N6O3S/c1-26(2,3)35-25(33)32-15-13-31(14-16-32)24-30-21(17-5-9-19(34-4)10-6-17)22(36-24)20-11-12-27-23(29-20)28-18-7-8-18/h5-6,9-12,18H,7-8,13-16H2,1-4H3,(H,27,28,29). The number of ether oxygens (including phenoxy) is 2. The van der Waals surface area contributed by atoms with Crippen LogP contribution in [0, 0.1) is 0 Å². The van der Waals surface area contributed by atoms with Crippen molar-refractivity contribution in [2.24, 2.45) is 0 Å². The fourth-order valence-electron chi connectivity index (χ4n) is 3.93. The Bertz CT molecular complexity index is 1210. The Balaban J connectivity index is 1.41. The van der Waals surface area contributed by atoms with E-state index in [2.05, 4.69) is 15.2 Å². The summed E-state index contributed by atoms with van der Waals surface area (Å²) in [6.07, 6.45) is 3.84. The van der Waals surface area contributed by atoms with Gasteiger partial charge in [0.1, 0.15) is 11.4 Å². The first-order valence-electron chi connectivity index (χ1n) is 12.3. The monoisotopic (exact) mass is 508 g/mol. The number of nitrogens with zero attached hydrogens (tertiary/aromatic N) is 5. The highest BCUT2D eigenvalue weighted by Crippen LogP contribution is 2.40. The van der Waals surface area contributed by atoms with E-state index in [1.807, 2.05) is 51.1 Å². The number of amides is 1. The molecule has 190 valence electrons. The Morgan fingerprint density at radius 2 is 1.78 bits per heavy atom. The molecule has 1 saturated heterocycles. The van der Waals surface area contributed by atoms with Gasteiger partial charge in [-0.05, 0) is 63.9 Å². The lowest BCUT2D eigenvalue weighted by Crippen LogP contribution is -2.50. The molecule has 0 unspecified atom stereocenters. The van der Waals surface area contributed by atoms with Crippen molar-refractivity contribution in [3.8, 4) is 27.6 Å². The number of hydrogen-bond donors (Lipinski definition) is 1. The van der Waals surface area contributed by atoms with Crippen molar-refractivity contribution in [3.05, 3.63) is 36.5 Å². The maximum Gasteiger partial charge on any atom is 0.410 e. The van der Waals surface area contributed by atoms with Crippen molar-refractivity contribution in [2.75, 3.05) is 43.5 Å². The van der Waals surface area contributed by atoms with Crippen LogP contribution in [0.4, 0.5) is 15.9 Å². The number of piperazine rings is 1. The summed E-state index contributed by atoms with van der Waals surface area (Å²) in [7, 11) is 1.66. The minimum atomic E-state index is -0.504. The van der Waals surface area contributed by atoms with Gasteiger partial charge in [-0.1, -0.05) is 11.3 Å². The van der Waals surface area contributed by atoms with E-state index in [0.717, 1.165) is 45.6 Å². The second-order valence-electron chi connectivity index (χ2n) is 10.0. The van der Waals surface area contributed by atoms with Crippen LogP contribution < -0.4 is 15.0 Å². The van der Waals surface area contributed by atoms with Gasteiger partial charge in [0, 0.05) is 44.0 Å². The largest absolute Gasteiger partial charge is 0.497 e. The van der Waals surface area contributed by atoms with Crippen molar-refractivity contribution in [3.63, 3.8) is 0 Å². The second-order valence-corrected chi connectivity index (χ2v) is 11.0. The summed E-state index contributed by atoms with van der Waals surface area (Å²) in [6, 6.07) is 10.3. The highest BCUT2D eigenvalue weighted by atomic mass is 32.1. The molecule has 1 saturated carbocycles. The highest BCUT2D eigenvalue weighted by Gasteiger charge is 2.28. The molecular formula is C26H32N6O3S. The predicted molar refractivity (Wildman–Crippen MR) is 142 cm³/mol. The Kier molecular flexibility index (Phi) is 6.70. The van der Waals surface area contributed by atoms with E-state index in [9.17, 15) is 4.79 Å². The first-order chi connectivity index (χ1) is 17.3. The fourth-order valence-corrected chi connectivity index (χ4v) is 5.04. The van der Waals surface area contributed by atoms with E-state index in [1.165, 1.54) is 0 Å². The van der Waals surface area contributed by atoms with E-state index in [4.69, 9.17) is 19.4 Å². The average Bonchev–Trinajstić information content (AvgIpc) is 3.57. The summed E-state index contributed by atoms with van der Waals surface area (Å²) < 4.78 is 10.9. The molecule has 0 spiro atoms. The molecule has 1 N–H and O–H groups in total. The van der Waals surface area contributed by atoms with Crippen LogP contribution in [0.2, 0.25) is 0 Å². The zero-order valence-electron chi connectivity index (χ0n) is 21.2. The lowest BCUT2D eigenvalue weighted by molar-refractivity contribution is 0.0240. The third-order valence-corrected chi connectivity index (χ3v) is 7.12. The molecule has 3 heterocycles. The molecule has 0 radical (unpaired) electrons. The Morgan fingerprint density at radius 3 is 2.42 bits per heavy atom. The van der Waals surface area contributed by atoms with Crippen LogP contribution in [0.1, 0.15) is 33.6 Å². The molecule has 9 nitrogen and oxygen atoms in total. The molecule has 1 amide bonds. The van der Waals surface area contributed by atoms with Gasteiger partial charge in [0.2, 0.25) is 5.95 Å². The van der Waals surface area contributed by atoms with Crippen LogP contribution in [0.3, 0.4) is 0 Å². The molecule has 1 aliphatic heterocycles. The quantitative estimate of drug-likeness (QED) is 0.502. The van der Waals surface area contributed by atoms with Gasteiger partial charge in [-0.3, -0.25) is 0 Å². The molecule has 36 heavy (non-hydrogen) atoms. The molecule has 2 aliphatic rings. The number of nitrogens with one attached hydrogen (secondary N) is 1. The first kappa shape index (κ1) is 24.3. The predicted octanol–water partition coefficient (Wildman–Crippen LogP) is 4.91. The number of methoxy groups -OCH3 is 1. The summed E-state index contributed by atoms with van der Waals surface area (Å²) in [5.41, 5.74) is 2.21. The summed E-state index contributed by atoms with van der Waals surface area (Å²) in [6.45, 7) is 8.21. The third-order valence-electron chi connectivity index (χ3n) is 5.98. The van der Waals surface area contributed by atoms with E-state index in [-0.39, 0.29) is 6.09 Å². The van der Waals surface area contributed by atoms with Gasteiger partial charge >= 0.3 is 6.09 Å². The minimum absolute atomic E-state index is 0.266. The number of aromatic nitrogens is 3. The Hall–Kier alpha value is -3.40. The normalized spacial score (nSPS) is 16.1. The van der Waals surface area contributed by atoms with Crippen molar-refractivity contribution in [1.29, 1.82) is 0 Å². The summed E-state index contributed by atoms with van der Waals surface area (Å²) in [5, 5.41) is 4.30. The van der Waals surface area contributed by atoms with E-state index >= 15 is 0 Å². The summed E-state index contributed by atoms with van der Waals surface area (Å²) in [5.74, 6) is 1.45. The Morgan fingerprint density at radius 1 is 1.06 bits per heavy atom. The smallest absolute Gasteiger partial charge is 0.410 e. The van der Waals surface area contributed by atoms with Gasteiger partial charge < -0.3 is 24.6 Å². The number of thiazole rings is 1. The lowest BCUT2D eigenvalue weighted by Gasteiger charge is -2.35. The first-order valence-corrected chi connectivity index (χ1v) is 13.1. The minimum Gasteiger partial charge on any atom is -0.497 e. The molecular weight excluding hydrogens is 476 g/mol. The third kappa shape index (κ3) is 5.70. The zero-order chi connectivity index (χ0) is 25.3. The van der Waals surface area contributed by atoms with E-state index < -0.39 is 5.60 Å². The number of benzene rings is 1. The average molecular weight is 509 g/mol. The van der Waals surface area contributed by atoms with Crippen LogP contribution >= 0.6 is 11.3 Å². The van der Waals surface area contributed by atoms with Crippen molar-refractivity contribution >= 4 is 28.5 Å². The van der Waals surface area contributed by atoms with Gasteiger partial charge in [0.25, 0.3) is 0 Å². The van der Waals surface area contributed by atoms with E-state index in [0.29, 0.717) is 38.2 Å². The van der Waals surface area contributed by atoms with Gasteiger partial charge in [-0.25, -0.2) is 19.7 Å². The number of rotatable bonds is 6. The molecule has 2 fully saturated rings. The number of carbonyl (C=O) groups is 1. The Labute approximate surface area is 215 Å². The molecule has 10 heteroatoms. The van der Waals surface area contributed by atoms with Crippen LogP contribution in [0.15, 0.2) is 36.5 Å². The molecule has 3 aromatic rings. The zero-order valence-corrected chi connectivity index (χ0v) is 22.0. The van der Waals surface area contributed by atoms with Crippen LogP contribution in [0.5, 0.6) is 5.75 Å². The summed E-state index contributed by atoms with van der Waals surface area (Å²) >= 11 is 1.62. The number of carbonyl (C=O) groups excluding carboxylic acids is 1. The number of hydrogen-bond acceptors (Lipinski definition) is 9. The van der Waals surface area contributed by atoms with Crippen LogP contribution in [-0.2, 0) is 4.74 Å². The molecule has 0 atom stereocenters. The molecule has 2 aromatic heterocycles. The van der Waals surface area contributed by atoms with Gasteiger partial charge in [-0.2, -0.15) is 0 Å². The van der Waals surface area contributed by atoms with Crippen LogP contribution in [-0.4, -0.2) is 70.9 Å². The molecule has 1 aromatic carbocycles. The lowest BCUT2D eigenvalue weighted by atomic mass is 10.1. The number of anilines is 2. The second kappa shape index (κ2) is 9.93. The highest BCUT2D eigenvalue weighted by molar-refractivity contribution is 7.19. The SMILES string of the molecule is COc1ccc(-c2nc(N3CCN(C(=O)OC(C)(C)C)CC3)sc2-c2ccnc(NC3CC3)n2)cc1. The van der Waals surface area contributed by atoms with Crippen molar-refractivity contribution in [1.82, 2.24) is 19.9 Å². The van der Waals surface area contributed by atoms with Crippen LogP contribution in [0.25, 0.3) is 21.8 Å². The van der Waals surface area contributed by atoms with Crippen molar-refractivity contribution in [2.45, 2.75) is 45.3 Å². The maximum atomic E-state index is 12.5. The molecule has 5 rings (SSSR count). The van der Waals surface area contributed by atoms with Gasteiger partial charge in [-0.15, -0.1) is 0 Å². The summed E-state index contributed by atoms with van der Waals surface area (Å²) in [4.78, 5) is 31.7. The maximum absolute atomic E-state index is 12.5. The molecule has 1 aliphatic carbocycles. The van der Waals surface area contributed by atoms with Crippen molar-refractivity contribution < 1.29 is 14.3 Å².